The number of hydrogen-bond donors (Lipinski definition) is 1. The van der Waals surface area contributed by atoms with Crippen molar-refractivity contribution in [1.82, 2.24) is 14.9 Å². The average molecular weight is 263 g/mol. The van der Waals surface area contributed by atoms with Gasteiger partial charge in [0.2, 0.25) is 5.91 Å². The number of rotatable bonds is 2. The molecule has 1 atom stereocenters. The van der Waals surface area contributed by atoms with Crippen LogP contribution < -0.4 is 5.56 Å². The highest BCUT2D eigenvalue weighted by atomic mass is 16.2. The van der Waals surface area contributed by atoms with Crippen molar-refractivity contribution in [1.29, 1.82) is 0 Å². The van der Waals surface area contributed by atoms with Crippen LogP contribution in [0.5, 0.6) is 0 Å². The summed E-state index contributed by atoms with van der Waals surface area (Å²) in [5.41, 5.74) is 0.955. The molecule has 1 aliphatic rings. The number of H-pyrrole nitrogens is 1. The lowest BCUT2D eigenvalue weighted by molar-refractivity contribution is -0.132. The van der Waals surface area contributed by atoms with Gasteiger partial charge in [-0.25, -0.2) is 4.98 Å². The quantitative estimate of drug-likeness (QED) is 0.871. The van der Waals surface area contributed by atoms with E-state index in [1.54, 1.807) is 13.8 Å². The molecule has 0 radical (unpaired) electrons. The van der Waals surface area contributed by atoms with E-state index in [0.29, 0.717) is 23.0 Å². The van der Waals surface area contributed by atoms with E-state index in [0.717, 1.165) is 19.5 Å². The highest BCUT2D eigenvalue weighted by Crippen LogP contribution is 2.16. The zero-order valence-corrected chi connectivity index (χ0v) is 11.8. The molecule has 0 bridgehead atoms. The molecule has 0 unspecified atom stereocenters. The topological polar surface area (TPSA) is 66.1 Å². The van der Waals surface area contributed by atoms with Crippen LogP contribution in [0.2, 0.25) is 0 Å². The van der Waals surface area contributed by atoms with Crippen molar-refractivity contribution in [3.8, 4) is 0 Å². The number of aryl methyl sites for hydroxylation is 2. The number of piperidine rings is 1. The van der Waals surface area contributed by atoms with Gasteiger partial charge in [-0.1, -0.05) is 6.92 Å². The smallest absolute Gasteiger partial charge is 0.254 e. The Morgan fingerprint density at radius 2 is 2.21 bits per heavy atom. The second-order valence-corrected chi connectivity index (χ2v) is 5.48. The van der Waals surface area contributed by atoms with Crippen LogP contribution in [0.4, 0.5) is 0 Å². The zero-order chi connectivity index (χ0) is 14.0. The van der Waals surface area contributed by atoms with E-state index in [4.69, 9.17) is 0 Å². The monoisotopic (exact) mass is 263 g/mol. The summed E-state index contributed by atoms with van der Waals surface area (Å²) in [5.74, 6) is 1.17. The normalized spacial score (nSPS) is 19.5. The third-order valence-electron chi connectivity index (χ3n) is 3.68. The van der Waals surface area contributed by atoms with Gasteiger partial charge in [0.05, 0.1) is 6.42 Å². The molecule has 5 nitrogen and oxygen atoms in total. The summed E-state index contributed by atoms with van der Waals surface area (Å²) < 4.78 is 0. The Morgan fingerprint density at radius 3 is 2.84 bits per heavy atom. The minimum absolute atomic E-state index is 0.0332. The van der Waals surface area contributed by atoms with E-state index in [2.05, 4.69) is 16.9 Å². The molecular weight excluding hydrogens is 242 g/mol. The highest BCUT2D eigenvalue weighted by molar-refractivity contribution is 5.79. The van der Waals surface area contributed by atoms with Crippen LogP contribution in [0.1, 0.15) is 36.8 Å². The van der Waals surface area contributed by atoms with E-state index in [-0.39, 0.29) is 17.9 Å². The summed E-state index contributed by atoms with van der Waals surface area (Å²) in [6, 6.07) is 0. The van der Waals surface area contributed by atoms with Gasteiger partial charge in [0, 0.05) is 24.3 Å². The molecule has 1 fully saturated rings. The minimum Gasteiger partial charge on any atom is -0.342 e. The van der Waals surface area contributed by atoms with Crippen LogP contribution >= 0.6 is 0 Å². The van der Waals surface area contributed by atoms with Crippen LogP contribution in [-0.2, 0) is 11.2 Å². The Bertz CT molecular complexity index is 536. The third kappa shape index (κ3) is 3.22. The molecule has 0 aliphatic carbocycles. The molecular formula is C14H21N3O2. The lowest BCUT2D eigenvalue weighted by Gasteiger charge is -2.31. The number of hydrogen-bond acceptors (Lipinski definition) is 3. The fraction of sp³-hybridized carbons (Fsp3) is 0.643. The van der Waals surface area contributed by atoms with Crippen LogP contribution in [0.15, 0.2) is 4.79 Å². The molecule has 0 spiro atoms. The molecule has 5 heteroatoms. The second-order valence-electron chi connectivity index (χ2n) is 5.48. The predicted octanol–water partition coefficient (Wildman–Crippen LogP) is 1.19. The summed E-state index contributed by atoms with van der Waals surface area (Å²) in [6.07, 6.45) is 2.38. The molecule has 104 valence electrons. The van der Waals surface area contributed by atoms with Gasteiger partial charge in [-0.3, -0.25) is 9.59 Å². The number of likely N-dealkylation sites (tertiary alicyclic amines) is 1. The molecule has 0 aromatic carbocycles. The summed E-state index contributed by atoms with van der Waals surface area (Å²) in [5, 5.41) is 0. The first kappa shape index (κ1) is 13.8. The summed E-state index contributed by atoms with van der Waals surface area (Å²) >= 11 is 0. The van der Waals surface area contributed by atoms with Crippen molar-refractivity contribution in [3.05, 3.63) is 27.4 Å². The fourth-order valence-electron chi connectivity index (χ4n) is 2.64. The standard InChI is InChI=1S/C14H21N3O2/c1-9-5-4-6-17(8-9)13(18)7-12-10(2)15-11(3)16-14(12)19/h9H,4-8H2,1-3H3,(H,15,16,19)/t9-/m0/s1. The molecule has 1 aromatic heterocycles. The maximum absolute atomic E-state index is 12.2. The first-order chi connectivity index (χ1) is 8.97. The van der Waals surface area contributed by atoms with Gasteiger partial charge in [-0.2, -0.15) is 0 Å². The highest BCUT2D eigenvalue weighted by Gasteiger charge is 2.22. The van der Waals surface area contributed by atoms with E-state index in [1.807, 2.05) is 4.90 Å². The van der Waals surface area contributed by atoms with E-state index in [9.17, 15) is 9.59 Å². The SMILES string of the molecule is Cc1nc(C)c(CC(=O)N2CCC[C@H](C)C2)c(=O)[nH]1. The largest absolute Gasteiger partial charge is 0.342 e. The Hall–Kier alpha value is -1.65. The number of nitrogens with one attached hydrogen (secondary N) is 1. The third-order valence-corrected chi connectivity index (χ3v) is 3.68. The Morgan fingerprint density at radius 1 is 1.47 bits per heavy atom. The minimum atomic E-state index is -0.191. The summed E-state index contributed by atoms with van der Waals surface area (Å²) in [6.45, 7) is 7.29. The van der Waals surface area contributed by atoms with Crippen molar-refractivity contribution in [3.63, 3.8) is 0 Å². The Kier molecular flexibility index (Phi) is 4.02. The Labute approximate surface area is 113 Å². The number of carbonyl (C=O) groups is 1. The van der Waals surface area contributed by atoms with Crippen molar-refractivity contribution in [2.45, 2.75) is 40.0 Å². The van der Waals surface area contributed by atoms with Gasteiger partial charge in [0.1, 0.15) is 5.82 Å². The van der Waals surface area contributed by atoms with Crippen LogP contribution in [0.25, 0.3) is 0 Å². The fourth-order valence-corrected chi connectivity index (χ4v) is 2.64. The van der Waals surface area contributed by atoms with Gasteiger partial charge in [-0.05, 0) is 32.6 Å². The van der Waals surface area contributed by atoms with Crippen LogP contribution in [0, 0.1) is 19.8 Å². The predicted molar refractivity (Wildman–Crippen MR) is 73.0 cm³/mol. The zero-order valence-electron chi connectivity index (χ0n) is 11.8. The average Bonchev–Trinajstić information content (AvgIpc) is 2.33. The molecule has 19 heavy (non-hydrogen) atoms. The maximum atomic E-state index is 12.2. The molecule has 1 amide bonds. The molecule has 2 rings (SSSR count). The maximum Gasteiger partial charge on any atom is 0.254 e. The van der Waals surface area contributed by atoms with E-state index in [1.165, 1.54) is 6.42 Å². The number of carbonyl (C=O) groups excluding carboxylic acids is 1. The van der Waals surface area contributed by atoms with Gasteiger partial charge >= 0.3 is 0 Å². The van der Waals surface area contributed by atoms with E-state index < -0.39 is 0 Å². The van der Waals surface area contributed by atoms with E-state index >= 15 is 0 Å². The molecule has 1 aliphatic heterocycles. The second kappa shape index (κ2) is 5.55. The molecule has 1 N–H and O–H groups in total. The van der Waals surface area contributed by atoms with Gasteiger partial charge < -0.3 is 9.88 Å². The number of amides is 1. The van der Waals surface area contributed by atoms with Crippen LogP contribution in [-0.4, -0.2) is 33.9 Å². The summed E-state index contributed by atoms with van der Waals surface area (Å²) in [7, 11) is 0. The number of nitrogens with zero attached hydrogens (tertiary/aromatic N) is 2. The first-order valence-corrected chi connectivity index (χ1v) is 6.81. The van der Waals surface area contributed by atoms with Gasteiger partial charge in [0.25, 0.3) is 5.56 Å². The summed E-state index contributed by atoms with van der Waals surface area (Å²) in [4.78, 5) is 32.9. The lowest BCUT2D eigenvalue weighted by atomic mass is 9.99. The molecule has 2 heterocycles. The number of aromatic nitrogens is 2. The Balaban J connectivity index is 2.13. The van der Waals surface area contributed by atoms with Gasteiger partial charge in [-0.15, -0.1) is 0 Å². The van der Waals surface area contributed by atoms with Gasteiger partial charge in [0.15, 0.2) is 0 Å². The number of aromatic amines is 1. The van der Waals surface area contributed by atoms with Crippen molar-refractivity contribution >= 4 is 5.91 Å². The van der Waals surface area contributed by atoms with Crippen molar-refractivity contribution < 1.29 is 4.79 Å². The molecule has 1 aromatic rings. The molecule has 1 saturated heterocycles. The van der Waals surface area contributed by atoms with Crippen molar-refractivity contribution in [2.75, 3.05) is 13.1 Å². The van der Waals surface area contributed by atoms with Crippen molar-refractivity contribution in [2.24, 2.45) is 5.92 Å². The van der Waals surface area contributed by atoms with Crippen LogP contribution in [0.3, 0.4) is 0 Å². The first-order valence-electron chi connectivity index (χ1n) is 6.81. The molecule has 0 saturated carbocycles. The lowest BCUT2D eigenvalue weighted by Crippen LogP contribution is -2.40.